The third-order valence-corrected chi connectivity index (χ3v) is 12.8. The van der Waals surface area contributed by atoms with Gasteiger partial charge in [0.25, 0.3) is 0 Å². The molecular weight excluding hydrogens is 508 g/mol. The first kappa shape index (κ1) is 30.5. The molecule has 0 radical (unpaired) electrons. The summed E-state index contributed by atoms with van der Waals surface area (Å²) in [4.78, 5) is 2.27. The Morgan fingerprint density at radius 3 is 1.39 bits per heavy atom. The highest BCUT2D eigenvalue weighted by atomic mass is 32.3. The van der Waals surface area contributed by atoms with Crippen LogP contribution in [0, 0.1) is 6.92 Å². The van der Waals surface area contributed by atoms with Crippen LogP contribution in [-0.4, -0.2) is 17.8 Å². The molecule has 0 spiro atoms. The summed E-state index contributed by atoms with van der Waals surface area (Å²) in [7, 11) is -5.98. The zero-order chi connectivity index (χ0) is 27.1. The normalized spacial score (nSPS) is 12.5. The van der Waals surface area contributed by atoms with Crippen molar-refractivity contribution in [2.45, 2.75) is 106 Å². The minimum absolute atomic E-state index is 0.265. The van der Waals surface area contributed by atoms with E-state index in [0.29, 0.717) is 0 Å². The molecule has 3 aromatic rings. The van der Waals surface area contributed by atoms with Crippen LogP contribution >= 0.6 is 10.3 Å². The standard InChI is InChI=1S/C33H46O3S2/c1-3-4-5-6-7-8-9-10-11-12-13-20-29-37(31-21-16-14-17-22-31,32-23-18-15-19-24-32)36-38(34,35)33-27-25-30(2)26-28-33/h14-19,21-28H,3-13,20,29H2,1-2H3/p+1. The highest BCUT2D eigenvalue weighted by Gasteiger charge is 2.41. The average molecular weight is 556 g/mol. The molecule has 0 aliphatic carbocycles. The van der Waals surface area contributed by atoms with Crippen LogP contribution in [0.25, 0.3) is 0 Å². The lowest BCUT2D eigenvalue weighted by atomic mass is 10.1. The predicted octanol–water partition coefficient (Wildman–Crippen LogP) is 10.3. The Morgan fingerprint density at radius 1 is 0.526 bits per heavy atom. The molecule has 0 bridgehead atoms. The summed E-state index contributed by atoms with van der Waals surface area (Å²) < 4.78 is 32.2. The van der Waals surface area contributed by atoms with Gasteiger partial charge in [-0.1, -0.05) is 132 Å². The van der Waals surface area contributed by atoms with E-state index in [9.17, 15) is 8.42 Å². The Kier molecular flexibility index (Phi) is 12.9. The number of benzene rings is 3. The summed E-state index contributed by atoms with van der Waals surface area (Å²) in [5.41, 5.74) is 1.03. The number of hydrogen-bond acceptors (Lipinski definition) is 2. The third-order valence-electron chi connectivity index (χ3n) is 7.10. The van der Waals surface area contributed by atoms with E-state index < -0.39 is 20.4 Å². The monoisotopic (exact) mass is 555 g/mol. The molecular formula is C33H47O3S2+. The maximum atomic E-state index is 13.7. The molecule has 3 nitrogen and oxygen atoms in total. The van der Waals surface area contributed by atoms with Gasteiger partial charge in [0.2, 0.25) is 0 Å². The van der Waals surface area contributed by atoms with Gasteiger partial charge in [-0.05, 0) is 49.7 Å². The van der Waals surface area contributed by atoms with Crippen LogP contribution in [0.15, 0.2) is 99.6 Å². The molecule has 0 fully saturated rings. The van der Waals surface area contributed by atoms with Crippen molar-refractivity contribution in [1.29, 1.82) is 0 Å². The molecule has 0 heterocycles. The van der Waals surface area contributed by atoms with Crippen molar-refractivity contribution in [3.63, 3.8) is 0 Å². The fourth-order valence-corrected chi connectivity index (χ4v) is 10.6. The molecule has 208 valence electrons. The molecule has 0 atom stereocenters. The van der Waals surface area contributed by atoms with Gasteiger partial charge < -0.3 is 0 Å². The van der Waals surface area contributed by atoms with Gasteiger partial charge >= 0.3 is 10.1 Å². The quantitative estimate of drug-likeness (QED) is 0.0890. The summed E-state index contributed by atoms with van der Waals surface area (Å²) >= 11 is 0. The minimum atomic E-state index is -3.84. The Morgan fingerprint density at radius 2 is 0.947 bits per heavy atom. The molecule has 0 saturated carbocycles. The smallest absolute Gasteiger partial charge is 0.261 e. The number of aryl methyl sites for hydroxylation is 1. The van der Waals surface area contributed by atoms with Gasteiger partial charge in [-0.25, -0.2) is 0 Å². The largest absolute Gasteiger partial charge is 0.421 e. The maximum absolute atomic E-state index is 13.7. The van der Waals surface area contributed by atoms with E-state index in [1.807, 2.05) is 55.5 Å². The Labute approximate surface area is 233 Å². The van der Waals surface area contributed by atoms with E-state index in [1.54, 1.807) is 12.1 Å². The molecule has 5 heteroatoms. The first-order valence-electron chi connectivity index (χ1n) is 14.4. The van der Waals surface area contributed by atoms with Crippen LogP contribution in [-0.2, 0) is 10.1 Å². The van der Waals surface area contributed by atoms with E-state index in [1.165, 1.54) is 64.2 Å². The first-order valence-corrected chi connectivity index (χ1v) is 17.6. The van der Waals surface area contributed by atoms with Crippen molar-refractivity contribution < 1.29 is 12.0 Å². The first-order chi connectivity index (χ1) is 18.5. The SMILES string of the molecule is CCCCCCCCCCCCCCS([OH+]S(=O)(=O)c1ccc(C)cc1)(c1ccccc1)c1ccccc1. The summed E-state index contributed by atoms with van der Waals surface area (Å²) in [5, 5.41) is 0. The highest BCUT2D eigenvalue weighted by molar-refractivity contribution is 8.32. The van der Waals surface area contributed by atoms with Gasteiger partial charge in [0.05, 0.1) is 9.79 Å². The number of rotatable bonds is 18. The van der Waals surface area contributed by atoms with Gasteiger partial charge in [-0.3, -0.25) is 3.63 Å². The molecule has 3 aromatic carbocycles. The lowest BCUT2D eigenvalue weighted by Gasteiger charge is -2.34. The minimum Gasteiger partial charge on any atom is -0.261 e. The van der Waals surface area contributed by atoms with Gasteiger partial charge in [0, 0.05) is 16.1 Å². The van der Waals surface area contributed by atoms with Crippen LogP contribution < -0.4 is 0 Å². The average Bonchev–Trinajstić information content (AvgIpc) is 2.94. The molecule has 0 unspecified atom stereocenters. The lowest BCUT2D eigenvalue weighted by Crippen LogP contribution is -2.20. The Bertz CT molecular complexity index is 1100. The topological polar surface area (TPSA) is 46.9 Å². The molecule has 0 amide bonds. The van der Waals surface area contributed by atoms with Crippen molar-refractivity contribution in [3.05, 3.63) is 90.5 Å². The Hall–Kier alpha value is -2.08. The van der Waals surface area contributed by atoms with Crippen molar-refractivity contribution in [2.24, 2.45) is 0 Å². The fraction of sp³-hybridized carbons (Fsp3) is 0.455. The number of unbranched alkanes of at least 4 members (excludes halogenated alkanes) is 11. The second kappa shape index (κ2) is 16.1. The van der Waals surface area contributed by atoms with Crippen LogP contribution in [0.5, 0.6) is 0 Å². The second-order valence-electron chi connectivity index (χ2n) is 10.3. The second-order valence-corrected chi connectivity index (χ2v) is 15.1. The molecule has 3 rings (SSSR count). The highest BCUT2D eigenvalue weighted by Crippen LogP contribution is 2.63. The van der Waals surface area contributed by atoms with E-state index in [0.717, 1.165) is 33.9 Å². The van der Waals surface area contributed by atoms with E-state index >= 15 is 0 Å². The summed E-state index contributed by atoms with van der Waals surface area (Å²) in [6.07, 6.45) is 15.3. The molecule has 0 aromatic heterocycles. The van der Waals surface area contributed by atoms with E-state index in [4.69, 9.17) is 3.63 Å². The van der Waals surface area contributed by atoms with Gasteiger partial charge in [0.1, 0.15) is 4.90 Å². The van der Waals surface area contributed by atoms with Crippen molar-refractivity contribution in [3.8, 4) is 0 Å². The van der Waals surface area contributed by atoms with Crippen LogP contribution in [0.2, 0.25) is 0 Å². The molecule has 1 N–H and O–H groups in total. The summed E-state index contributed by atoms with van der Waals surface area (Å²) in [5.74, 6) is 0.740. The van der Waals surface area contributed by atoms with Gasteiger partial charge in [0.15, 0.2) is 0 Å². The lowest BCUT2D eigenvalue weighted by molar-refractivity contribution is 0.386. The molecule has 38 heavy (non-hydrogen) atoms. The zero-order valence-electron chi connectivity index (χ0n) is 23.4. The third kappa shape index (κ3) is 9.29. The van der Waals surface area contributed by atoms with Crippen molar-refractivity contribution in [1.82, 2.24) is 0 Å². The number of hydrogen-bond donors (Lipinski definition) is 0. The summed E-state index contributed by atoms with van der Waals surface area (Å²) in [6.45, 7) is 4.23. The fourth-order valence-electron chi connectivity index (χ4n) is 4.86. The maximum Gasteiger partial charge on any atom is 0.421 e. The Balaban J connectivity index is 1.69. The molecule has 0 aliphatic heterocycles. The van der Waals surface area contributed by atoms with Crippen molar-refractivity contribution in [2.75, 3.05) is 5.75 Å². The predicted molar refractivity (Wildman–Crippen MR) is 164 cm³/mol. The van der Waals surface area contributed by atoms with Crippen LogP contribution in [0.4, 0.5) is 0 Å². The zero-order valence-corrected chi connectivity index (χ0v) is 25.0. The molecule has 0 saturated heterocycles. The molecule has 0 aliphatic rings. The van der Waals surface area contributed by atoms with Crippen LogP contribution in [0.1, 0.15) is 89.5 Å². The summed E-state index contributed by atoms with van der Waals surface area (Å²) in [6, 6.07) is 27.2. The van der Waals surface area contributed by atoms with E-state index in [2.05, 4.69) is 31.2 Å². The van der Waals surface area contributed by atoms with Crippen molar-refractivity contribution >= 4 is 20.4 Å². The van der Waals surface area contributed by atoms with Gasteiger partial charge in [-0.15, -0.1) is 8.42 Å². The van der Waals surface area contributed by atoms with Gasteiger partial charge in [-0.2, -0.15) is 0 Å². The van der Waals surface area contributed by atoms with Crippen LogP contribution in [0.3, 0.4) is 0 Å². The van der Waals surface area contributed by atoms with E-state index in [-0.39, 0.29) is 4.90 Å².